The molecule has 0 aliphatic carbocycles. The van der Waals surface area contributed by atoms with Crippen LogP contribution in [0.25, 0.3) is 6.08 Å². The average Bonchev–Trinajstić information content (AvgIpc) is 2.53. The van der Waals surface area contributed by atoms with E-state index in [1.54, 1.807) is 25.1 Å². The number of nitrogens with one attached hydrogen (secondary N) is 1. The molecular formula is C17H21NO5. The first-order valence-electron chi connectivity index (χ1n) is 6.98. The summed E-state index contributed by atoms with van der Waals surface area (Å²) in [5.41, 5.74) is 1.16. The molecule has 1 aromatic carbocycles. The number of carbonyl (C=O) groups is 2. The minimum atomic E-state index is -1.05. The molecular weight excluding hydrogens is 298 g/mol. The van der Waals surface area contributed by atoms with Gasteiger partial charge in [-0.1, -0.05) is 6.58 Å². The van der Waals surface area contributed by atoms with Crippen molar-refractivity contribution in [3.05, 3.63) is 41.5 Å². The molecule has 0 fully saturated rings. The third kappa shape index (κ3) is 5.50. The van der Waals surface area contributed by atoms with E-state index < -0.39 is 5.97 Å². The molecule has 0 saturated carbocycles. The maximum absolute atomic E-state index is 11.4. The number of aliphatic carboxylic acids is 1. The van der Waals surface area contributed by atoms with Crippen molar-refractivity contribution < 1.29 is 24.2 Å². The van der Waals surface area contributed by atoms with Gasteiger partial charge in [-0.15, -0.1) is 0 Å². The first-order valence-corrected chi connectivity index (χ1v) is 6.98. The lowest BCUT2D eigenvalue weighted by molar-refractivity contribution is -0.132. The van der Waals surface area contributed by atoms with E-state index in [1.165, 1.54) is 20.3 Å². The van der Waals surface area contributed by atoms with E-state index in [0.29, 0.717) is 22.6 Å². The molecule has 0 aliphatic rings. The Hall–Kier alpha value is -2.76. The lowest BCUT2D eigenvalue weighted by Crippen LogP contribution is -2.25. The summed E-state index contributed by atoms with van der Waals surface area (Å²) in [6.45, 7) is 5.32. The quantitative estimate of drug-likeness (QED) is 0.718. The summed E-state index contributed by atoms with van der Waals surface area (Å²) in [5, 5.41) is 11.9. The van der Waals surface area contributed by atoms with Gasteiger partial charge in [0.05, 0.1) is 14.2 Å². The fourth-order valence-electron chi connectivity index (χ4n) is 1.83. The van der Waals surface area contributed by atoms with Crippen LogP contribution in [0.1, 0.15) is 18.9 Å². The number of amides is 1. The number of carboxylic acid groups (broad SMARTS) is 1. The third-order valence-electron chi connectivity index (χ3n) is 3.11. The summed E-state index contributed by atoms with van der Waals surface area (Å²) in [5.74, 6) is -0.220. The molecule has 124 valence electrons. The molecule has 1 aromatic rings. The van der Waals surface area contributed by atoms with E-state index in [0.717, 1.165) is 0 Å². The van der Waals surface area contributed by atoms with Crippen molar-refractivity contribution in [2.24, 2.45) is 0 Å². The van der Waals surface area contributed by atoms with Gasteiger partial charge in [0.15, 0.2) is 0 Å². The van der Waals surface area contributed by atoms with Crippen molar-refractivity contribution in [1.29, 1.82) is 0 Å². The Bertz CT molecular complexity index is 634. The van der Waals surface area contributed by atoms with Gasteiger partial charge >= 0.3 is 5.97 Å². The van der Waals surface area contributed by atoms with Crippen LogP contribution < -0.4 is 14.8 Å². The number of carboxylic acids is 1. The molecule has 6 heteroatoms. The van der Waals surface area contributed by atoms with Crippen molar-refractivity contribution >= 4 is 18.0 Å². The Labute approximate surface area is 135 Å². The second-order valence-corrected chi connectivity index (χ2v) is 4.87. The van der Waals surface area contributed by atoms with Crippen molar-refractivity contribution in [2.75, 3.05) is 20.8 Å². The summed E-state index contributed by atoms with van der Waals surface area (Å²) in [6.07, 6.45) is 1.71. The summed E-state index contributed by atoms with van der Waals surface area (Å²) >= 11 is 0. The van der Waals surface area contributed by atoms with Gasteiger partial charge in [-0.3, -0.25) is 4.79 Å². The van der Waals surface area contributed by atoms with Crippen LogP contribution in [0.5, 0.6) is 11.5 Å². The van der Waals surface area contributed by atoms with E-state index in [1.807, 2.05) is 0 Å². The van der Waals surface area contributed by atoms with Gasteiger partial charge in [-0.2, -0.15) is 0 Å². The van der Waals surface area contributed by atoms with Crippen LogP contribution in [0.2, 0.25) is 0 Å². The lowest BCUT2D eigenvalue weighted by atomic mass is 10.1. The molecule has 0 unspecified atom stereocenters. The van der Waals surface area contributed by atoms with Gasteiger partial charge in [0.2, 0.25) is 5.91 Å². The van der Waals surface area contributed by atoms with Gasteiger partial charge in [-0.25, -0.2) is 4.79 Å². The van der Waals surface area contributed by atoms with Crippen LogP contribution >= 0.6 is 0 Å². The van der Waals surface area contributed by atoms with Crippen LogP contribution in [0.4, 0.5) is 0 Å². The first kappa shape index (κ1) is 18.3. The minimum Gasteiger partial charge on any atom is -0.497 e. The zero-order valence-corrected chi connectivity index (χ0v) is 13.5. The summed E-state index contributed by atoms with van der Waals surface area (Å²) in [6, 6.07) is 5.11. The van der Waals surface area contributed by atoms with Gasteiger partial charge in [0.25, 0.3) is 0 Å². The van der Waals surface area contributed by atoms with E-state index in [2.05, 4.69) is 11.9 Å². The Morgan fingerprint density at radius 1 is 1.30 bits per heavy atom. The zero-order chi connectivity index (χ0) is 17.4. The number of ether oxygens (including phenoxy) is 2. The SMILES string of the molecule is C=C(C)C(=O)NCC/C(=C\c1ccc(OC)cc1OC)C(=O)O. The van der Waals surface area contributed by atoms with Crippen molar-refractivity contribution in [1.82, 2.24) is 5.32 Å². The number of methoxy groups -OCH3 is 2. The fourth-order valence-corrected chi connectivity index (χ4v) is 1.83. The predicted molar refractivity (Wildman–Crippen MR) is 87.6 cm³/mol. The van der Waals surface area contributed by atoms with Crippen LogP contribution in [0.15, 0.2) is 35.9 Å². The molecule has 0 aliphatic heterocycles. The van der Waals surface area contributed by atoms with Crippen LogP contribution in [0.3, 0.4) is 0 Å². The Morgan fingerprint density at radius 2 is 2.00 bits per heavy atom. The molecule has 23 heavy (non-hydrogen) atoms. The minimum absolute atomic E-state index is 0.162. The standard InChI is InChI=1S/C17H21NO5/c1-11(2)16(19)18-8-7-13(17(20)21)9-12-5-6-14(22-3)10-15(12)23-4/h5-6,9-10H,1,7-8H2,2-4H3,(H,18,19)(H,20,21)/b13-9+. The first-order chi connectivity index (χ1) is 10.9. The Balaban J connectivity index is 2.92. The maximum Gasteiger partial charge on any atom is 0.331 e. The molecule has 0 atom stereocenters. The molecule has 0 radical (unpaired) electrons. The maximum atomic E-state index is 11.4. The molecule has 2 N–H and O–H groups in total. The molecule has 0 saturated heterocycles. The summed E-state index contributed by atoms with van der Waals surface area (Å²) in [4.78, 5) is 22.8. The van der Waals surface area contributed by atoms with Gasteiger partial charge < -0.3 is 19.9 Å². The highest BCUT2D eigenvalue weighted by molar-refractivity contribution is 5.94. The zero-order valence-electron chi connectivity index (χ0n) is 13.5. The van der Waals surface area contributed by atoms with Crippen molar-refractivity contribution in [2.45, 2.75) is 13.3 Å². The fraction of sp³-hybridized carbons (Fsp3) is 0.294. The highest BCUT2D eigenvalue weighted by Gasteiger charge is 2.11. The van der Waals surface area contributed by atoms with Gasteiger partial charge in [0, 0.05) is 29.3 Å². The number of hydrogen-bond donors (Lipinski definition) is 2. The van der Waals surface area contributed by atoms with Gasteiger partial charge in [0.1, 0.15) is 11.5 Å². The Kier molecular flexibility index (Phi) is 6.86. The highest BCUT2D eigenvalue weighted by Crippen LogP contribution is 2.27. The van der Waals surface area contributed by atoms with E-state index in [-0.39, 0.29) is 24.4 Å². The van der Waals surface area contributed by atoms with Crippen molar-refractivity contribution in [3.8, 4) is 11.5 Å². The largest absolute Gasteiger partial charge is 0.497 e. The normalized spacial score (nSPS) is 10.8. The predicted octanol–water partition coefficient (Wildman–Crippen LogP) is 2.25. The molecule has 0 heterocycles. The molecule has 6 nitrogen and oxygen atoms in total. The van der Waals surface area contributed by atoms with Gasteiger partial charge in [-0.05, 0) is 31.6 Å². The number of benzene rings is 1. The number of carbonyl (C=O) groups excluding carboxylic acids is 1. The molecule has 0 aromatic heterocycles. The van der Waals surface area contributed by atoms with Crippen LogP contribution in [-0.2, 0) is 9.59 Å². The van der Waals surface area contributed by atoms with Crippen LogP contribution in [-0.4, -0.2) is 37.7 Å². The summed E-state index contributed by atoms with van der Waals surface area (Å²) < 4.78 is 10.3. The molecule has 1 rings (SSSR count). The second-order valence-electron chi connectivity index (χ2n) is 4.87. The van der Waals surface area contributed by atoms with E-state index in [9.17, 15) is 14.7 Å². The molecule has 1 amide bonds. The van der Waals surface area contributed by atoms with Crippen LogP contribution in [0, 0.1) is 0 Å². The van der Waals surface area contributed by atoms with Crippen molar-refractivity contribution in [3.63, 3.8) is 0 Å². The second kappa shape index (κ2) is 8.63. The monoisotopic (exact) mass is 319 g/mol. The van der Waals surface area contributed by atoms with E-state index in [4.69, 9.17) is 9.47 Å². The lowest BCUT2D eigenvalue weighted by Gasteiger charge is -2.09. The summed E-state index contributed by atoms with van der Waals surface area (Å²) in [7, 11) is 3.04. The average molecular weight is 319 g/mol. The topological polar surface area (TPSA) is 84.9 Å². The smallest absolute Gasteiger partial charge is 0.331 e. The molecule has 0 spiro atoms. The van der Waals surface area contributed by atoms with E-state index >= 15 is 0 Å². The number of hydrogen-bond acceptors (Lipinski definition) is 4. The Morgan fingerprint density at radius 3 is 2.52 bits per heavy atom. The third-order valence-corrected chi connectivity index (χ3v) is 3.11. The number of rotatable bonds is 8. The molecule has 0 bridgehead atoms. The highest BCUT2D eigenvalue weighted by atomic mass is 16.5.